The summed E-state index contributed by atoms with van der Waals surface area (Å²) >= 11 is 1.45. The lowest BCUT2D eigenvalue weighted by atomic mass is 10.3. The van der Waals surface area contributed by atoms with Gasteiger partial charge in [-0.1, -0.05) is 6.58 Å². The van der Waals surface area contributed by atoms with Gasteiger partial charge in [-0.2, -0.15) is 0 Å². The summed E-state index contributed by atoms with van der Waals surface area (Å²) in [7, 11) is 0. The van der Waals surface area contributed by atoms with E-state index < -0.39 is 6.17 Å². The lowest BCUT2D eigenvalue weighted by Gasteiger charge is -2.15. The van der Waals surface area contributed by atoms with Gasteiger partial charge < -0.3 is 10.2 Å². The van der Waals surface area contributed by atoms with Crippen molar-refractivity contribution in [2.45, 2.75) is 19.0 Å². The van der Waals surface area contributed by atoms with Crippen molar-refractivity contribution < 1.29 is 14.0 Å². The molecule has 0 spiro atoms. The molecule has 0 aromatic carbocycles. The maximum atomic E-state index is 12.8. The van der Waals surface area contributed by atoms with Gasteiger partial charge in [-0.05, 0) is 11.8 Å². The van der Waals surface area contributed by atoms with Crippen molar-refractivity contribution >= 4 is 23.6 Å². The molecule has 0 aliphatic carbocycles. The molecule has 17 heavy (non-hydrogen) atoms. The number of likely N-dealkylation sites (tertiary alicyclic amines) is 1. The van der Waals surface area contributed by atoms with E-state index in [1.165, 1.54) is 16.7 Å². The zero-order chi connectivity index (χ0) is 12.7. The third kappa shape index (κ3) is 5.21. The maximum Gasteiger partial charge on any atom is 0.242 e. The topological polar surface area (TPSA) is 49.4 Å². The number of nitrogens with one attached hydrogen (secondary N) is 1. The molecule has 0 bridgehead atoms. The molecule has 1 atom stereocenters. The number of carbonyl (C=O) groups is 2. The third-order valence-corrected chi connectivity index (χ3v) is 3.16. The molecule has 0 aromatic heterocycles. The van der Waals surface area contributed by atoms with Crippen LogP contribution in [0, 0.1) is 0 Å². The molecule has 1 unspecified atom stereocenters. The van der Waals surface area contributed by atoms with Crippen molar-refractivity contribution in [1.29, 1.82) is 0 Å². The molecule has 6 heteroatoms. The second-order valence-electron chi connectivity index (χ2n) is 3.79. The molecule has 0 radical (unpaired) electrons. The summed E-state index contributed by atoms with van der Waals surface area (Å²) < 4.78 is 12.8. The zero-order valence-corrected chi connectivity index (χ0v) is 10.5. The van der Waals surface area contributed by atoms with Crippen LogP contribution in [0.3, 0.4) is 0 Å². The first-order valence-corrected chi connectivity index (χ1v) is 6.59. The number of alkyl halides is 1. The second kappa shape index (κ2) is 7.32. The highest BCUT2D eigenvalue weighted by molar-refractivity contribution is 8.02. The van der Waals surface area contributed by atoms with Crippen LogP contribution in [-0.4, -0.2) is 48.3 Å². The van der Waals surface area contributed by atoms with E-state index in [0.717, 1.165) is 0 Å². The van der Waals surface area contributed by atoms with Gasteiger partial charge in [0, 0.05) is 18.7 Å². The van der Waals surface area contributed by atoms with Crippen LogP contribution in [0.15, 0.2) is 12.0 Å². The minimum atomic E-state index is -0.918. The lowest BCUT2D eigenvalue weighted by molar-refractivity contribution is -0.132. The number of rotatable bonds is 6. The average molecular weight is 260 g/mol. The summed E-state index contributed by atoms with van der Waals surface area (Å²) in [6.45, 7) is 4.09. The summed E-state index contributed by atoms with van der Waals surface area (Å²) in [5.41, 5.74) is 0. The predicted molar refractivity (Wildman–Crippen MR) is 66.4 cm³/mol. The number of hydrogen-bond donors (Lipinski definition) is 1. The number of carbonyl (C=O) groups excluding carboxylic acids is 2. The Morgan fingerprint density at radius 3 is 2.94 bits per heavy atom. The third-order valence-electron chi connectivity index (χ3n) is 2.49. The van der Waals surface area contributed by atoms with E-state index in [0.29, 0.717) is 25.1 Å². The predicted octanol–water partition coefficient (Wildman–Crippen LogP) is 0.940. The maximum absolute atomic E-state index is 12.8. The van der Waals surface area contributed by atoms with E-state index in [4.69, 9.17) is 0 Å². The highest BCUT2D eigenvalue weighted by Crippen LogP contribution is 2.11. The molecule has 1 saturated heterocycles. The molecule has 1 fully saturated rings. The number of amides is 2. The first kappa shape index (κ1) is 14.0. The van der Waals surface area contributed by atoms with Crippen LogP contribution in [0.4, 0.5) is 4.39 Å². The monoisotopic (exact) mass is 260 g/mol. The minimum absolute atomic E-state index is 0.0374. The van der Waals surface area contributed by atoms with Crippen LogP contribution >= 0.6 is 11.8 Å². The quantitative estimate of drug-likeness (QED) is 0.723. The zero-order valence-electron chi connectivity index (χ0n) is 9.65. The van der Waals surface area contributed by atoms with E-state index >= 15 is 0 Å². The van der Waals surface area contributed by atoms with Crippen molar-refractivity contribution in [2.75, 3.05) is 25.4 Å². The van der Waals surface area contributed by atoms with Crippen molar-refractivity contribution in [1.82, 2.24) is 10.2 Å². The molecule has 1 N–H and O–H groups in total. The SMILES string of the molecule is C=CSCCC(=O)NCC(=O)N1CCC(F)C1. The summed E-state index contributed by atoms with van der Waals surface area (Å²) in [5.74, 6) is 0.276. The first-order chi connectivity index (χ1) is 8.13. The van der Waals surface area contributed by atoms with Gasteiger partial charge >= 0.3 is 0 Å². The van der Waals surface area contributed by atoms with Gasteiger partial charge in [0.05, 0.1) is 13.1 Å². The molecule has 1 rings (SSSR count). The molecule has 1 heterocycles. The summed E-state index contributed by atoms with van der Waals surface area (Å²) in [6.07, 6.45) is -0.163. The van der Waals surface area contributed by atoms with E-state index in [-0.39, 0.29) is 24.9 Å². The highest BCUT2D eigenvalue weighted by Gasteiger charge is 2.25. The normalized spacial score (nSPS) is 19.1. The van der Waals surface area contributed by atoms with E-state index in [2.05, 4.69) is 11.9 Å². The Labute approximate surface area is 105 Å². The minimum Gasteiger partial charge on any atom is -0.347 e. The van der Waals surface area contributed by atoms with Crippen LogP contribution in [-0.2, 0) is 9.59 Å². The van der Waals surface area contributed by atoms with Gasteiger partial charge in [0.1, 0.15) is 6.17 Å². The first-order valence-electron chi connectivity index (χ1n) is 5.54. The number of halogens is 1. The Hall–Kier alpha value is -1.04. The van der Waals surface area contributed by atoms with Gasteiger partial charge in [0.2, 0.25) is 11.8 Å². The number of nitrogens with zero attached hydrogens (tertiary/aromatic N) is 1. The Bertz CT molecular complexity index is 299. The smallest absolute Gasteiger partial charge is 0.242 e. The van der Waals surface area contributed by atoms with Crippen molar-refractivity contribution in [3.8, 4) is 0 Å². The molecule has 1 aliphatic rings. The van der Waals surface area contributed by atoms with Crippen molar-refractivity contribution in [2.24, 2.45) is 0 Å². The second-order valence-corrected chi connectivity index (χ2v) is 4.86. The highest BCUT2D eigenvalue weighted by atomic mass is 32.2. The van der Waals surface area contributed by atoms with Crippen LogP contribution in [0.1, 0.15) is 12.8 Å². The Morgan fingerprint density at radius 2 is 2.35 bits per heavy atom. The summed E-state index contributed by atoms with van der Waals surface area (Å²) in [5, 5.41) is 4.20. The van der Waals surface area contributed by atoms with Gasteiger partial charge in [0.25, 0.3) is 0 Å². The van der Waals surface area contributed by atoms with E-state index in [1.54, 1.807) is 5.41 Å². The van der Waals surface area contributed by atoms with E-state index in [9.17, 15) is 14.0 Å². The van der Waals surface area contributed by atoms with Gasteiger partial charge in [-0.3, -0.25) is 9.59 Å². The van der Waals surface area contributed by atoms with Crippen LogP contribution in [0.5, 0.6) is 0 Å². The lowest BCUT2D eigenvalue weighted by Crippen LogP contribution is -2.39. The molecule has 0 aromatic rings. The fourth-order valence-electron chi connectivity index (χ4n) is 1.55. The number of hydrogen-bond acceptors (Lipinski definition) is 3. The molecular weight excluding hydrogens is 243 g/mol. The van der Waals surface area contributed by atoms with Crippen molar-refractivity contribution in [3.63, 3.8) is 0 Å². The Balaban J connectivity index is 2.14. The molecule has 0 saturated carbocycles. The summed E-state index contributed by atoms with van der Waals surface area (Å²) in [4.78, 5) is 24.3. The fourth-order valence-corrected chi connectivity index (χ4v) is 2.02. The Morgan fingerprint density at radius 1 is 1.59 bits per heavy atom. The van der Waals surface area contributed by atoms with Crippen LogP contribution in [0.25, 0.3) is 0 Å². The Kier molecular flexibility index (Phi) is 6.04. The van der Waals surface area contributed by atoms with Crippen molar-refractivity contribution in [3.05, 3.63) is 12.0 Å². The van der Waals surface area contributed by atoms with Crippen LogP contribution in [0.2, 0.25) is 0 Å². The molecular formula is C11H17FN2O2S. The largest absolute Gasteiger partial charge is 0.347 e. The van der Waals surface area contributed by atoms with E-state index in [1.807, 2.05) is 0 Å². The van der Waals surface area contributed by atoms with Crippen LogP contribution < -0.4 is 5.32 Å². The van der Waals surface area contributed by atoms with Gasteiger partial charge in [0.15, 0.2) is 0 Å². The number of thioether (sulfide) groups is 1. The molecule has 4 nitrogen and oxygen atoms in total. The molecule has 2 amide bonds. The van der Waals surface area contributed by atoms with Gasteiger partial charge in [-0.25, -0.2) is 4.39 Å². The average Bonchev–Trinajstić information content (AvgIpc) is 2.73. The standard InChI is InChI=1S/C11H17FN2O2S/c1-2-17-6-4-10(15)13-7-11(16)14-5-3-9(12)8-14/h2,9H,1,3-8H2,(H,13,15). The molecule has 1 aliphatic heterocycles. The fraction of sp³-hybridized carbons (Fsp3) is 0.636. The van der Waals surface area contributed by atoms with Gasteiger partial charge in [-0.15, -0.1) is 11.8 Å². The summed E-state index contributed by atoms with van der Waals surface area (Å²) in [6, 6.07) is 0. The molecule has 96 valence electrons.